The highest BCUT2D eigenvalue weighted by molar-refractivity contribution is 6.00. The summed E-state index contributed by atoms with van der Waals surface area (Å²) in [6, 6.07) is 13.8. The molecule has 2 aliphatic heterocycles. The molecule has 0 radical (unpaired) electrons. The molecule has 0 bridgehead atoms. The summed E-state index contributed by atoms with van der Waals surface area (Å²) in [6.45, 7) is 5.29. The maximum Gasteiger partial charge on any atom is 0.323 e. The van der Waals surface area contributed by atoms with Crippen LogP contribution in [0, 0.1) is 0 Å². The summed E-state index contributed by atoms with van der Waals surface area (Å²) in [7, 11) is 5.72. The van der Waals surface area contributed by atoms with Crippen LogP contribution in [0.15, 0.2) is 54.6 Å². The van der Waals surface area contributed by atoms with E-state index < -0.39 is 6.03 Å². The van der Waals surface area contributed by atoms with Crippen molar-refractivity contribution in [1.82, 2.24) is 24.8 Å². The topological polar surface area (TPSA) is 125 Å². The minimum absolute atomic E-state index is 0.0650. The number of carbonyl (C=O) groups excluding carboxylic acids is 2. The molecule has 12 nitrogen and oxygen atoms in total. The van der Waals surface area contributed by atoms with E-state index in [1.54, 1.807) is 36.2 Å². The molecule has 2 aromatic carbocycles. The lowest BCUT2D eigenvalue weighted by molar-refractivity contribution is 0.0786. The van der Waals surface area contributed by atoms with Gasteiger partial charge >= 0.3 is 6.03 Å². The van der Waals surface area contributed by atoms with Gasteiger partial charge in [-0.25, -0.2) is 9.78 Å². The molecule has 226 valence electrons. The molecule has 43 heavy (non-hydrogen) atoms. The van der Waals surface area contributed by atoms with Crippen molar-refractivity contribution < 1.29 is 19.1 Å². The molecule has 0 aliphatic carbocycles. The fraction of sp³-hybridized carbons (Fsp3) is 0.387. The van der Waals surface area contributed by atoms with Gasteiger partial charge in [0, 0.05) is 55.7 Å². The van der Waals surface area contributed by atoms with Gasteiger partial charge in [-0.15, -0.1) is 0 Å². The first kappa shape index (κ1) is 30.1. The molecule has 3 aromatic rings. The van der Waals surface area contributed by atoms with Gasteiger partial charge in [0.15, 0.2) is 11.6 Å². The third-order valence-electron chi connectivity index (χ3n) is 7.19. The number of ether oxygens (including phenoxy) is 2. The van der Waals surface area contributed by atoms with Crippen molar-refractivity contribution in [3.63, 3.8) is 0 Å². The Kier molecular flexibility index (Phi) is 9.92. The number of benzene rings is 2. The highest BCUT2D eigenvalue weighted by Crippen LogP contribution is 2.25. The molecule has 1 saturated heterocycles. The van der Waals surface area contributed by atoms with Gasteiger partial charge in [-0.2, -0.15) is 9.97 Å². The Morgan fingerprint density at radius 1 is 0.814 bits per heavy atom. The van der Waals surface area contributed by atoms with E-state index in [-0.39, 0.29) is 5.91 Å². The van der Waals surface area contributed by atoms with Crippen LogP contribution in [0.5, 0.6) is 0 Å². The highest BCUT2D eigenvalue weighted by atomic mass is 16.5. The van der Waals surface area contributed by atoms with Crippen LogP contribution in [-0.4, -0.2) is 110 Å². The number of nitrogens with zero attached hydrogens (tertiary/aromatic N) is 6. The van der Waals surface area contributed by atoms with Gasteiger partial charge in [0.05, 0.1) is 26.4 Å². The molecule has 3 amide bonds. The van der Waals surface area contributed by atoms with Crippen LogP contribution in [0.3, 0.4) is 0 Å². The normalized spacial score (nSPS) is 15.2. The maximum atomic E-state index is 12.7. The lowest BCUT2D eigenvalue weighted by Gasteiger charge is -2.27. The smallest absolute Gasteiger partial charge is 0.323 e. The van der Waals surface area contributed by atoms with Gasteiger partial charge in [-0.1, -0.05) is 6.08 Å². The van der Waals surface area contributed by atoms with Crippen molar-refractivity contribution in [2.45, 2.75) is 6.42 Å². The number of hydrogen-bond acceptors (Lipinski definition) is 9. The Morgan fingerprint density at radius 3 is 2.09 bits per heavy atom. The maximum absolute atomic E-state index is 12.7. The number of hydrogen-bond donors (Lipinski definition) is 2. The third-order valence-corrected chi connectivity index (χ3v) is 7.19. The lowest BCUT2D eigenvalue weighted by Crippen LogP contribution is -2.37. The summed E-state index contributed by atoms with van der Waals surface area (Å²) in [5.74, 6) is 1.79. The molecule has 12 heteroatoms. The summed E-state index contributed by atoms with van der Waals surface area (Å²) < 4.78 is 11.0. The summed E-state index contributed by atoms with van der Waals surface area (Å²) >= 11 is 0. The molecular formula is C31H38N8O4. The zero-order valence-corrected chi connectivity index (χ0v) is 24.9. The van der Waals surface area contributed by atoms with E-state index in [0.29, 0.717) is 67.5 Å². The molecule has 0 saturated carbocycles. The van der Waals surface area contributed by atoms with E-state index >= 15 is 0 Å². The van der Waals surface area contributed by atoms with Crippen LogP contribution in [0.2, 0.25) is 0 Å². The van der Waals surface area contributed by atoms with E-state index in [9.17, 15) is 9.59 Å². The highest BCUT2D eigenvalue weighted by Gasteiger charge is 2.20. The van der Waals surface area contributed by atoms with Crippen molar-refractivity contribution in [3.05, 3.63) is 66.0 Å². The second-order valence-electron chi connectivity index (χ2n) is 10.7. The molecule has 3 heterocycles. The SMILES string of the molecule is CN(C)CCN(C)C(=O)c1ccc(NC(=O)Nc2ccc(-c3nc(C4=CCOCC4)nc(N4CCOCC4)n3)cc2)cc1. The number of urea groups is 1. The fourth-order valence-electron chi connectivity index (χ4n) is 4.64. The molecule has 0 atom stereocenters. The molecule has 2 N–H and O–H groups in total. The Balaban J connectivity index is 1.23. The first-order chi connectivity index (χ1) is 20.9. The van der Waals surface area contributed by atoms with E-state index in [1.807, 2.05) is 49.3 Å². The van der Waals surface area contributed by atoms with Gasteiger partial charge in [-0.05, 0) is 74.6 Å². The van der Waals surface area contributed by atoms with Crippen LogP contribution < -0.4 is 15.5 Å². The predicted octanol–water partition coefficient (Wildman–Crippen LogP) is 3.46. The van der Waals surface area contributed by atoms with Gasteiger partial charge in [-0.3, -0.25) is 4.79 Å². The number of aromatic nitrogens is 3. The van der Waals surface area contributed by atoms with Gasteiger partial charge in [0.25, 0.3) is 5.91 Å². The predicted molar refractivity (Wildman–Crippen MR) is 166 cm³/mol. The van der Waals surface area contributed by atoms with E-state index in [4.69, 9.17) is 24.4 Å². The molecule has 1 aromatic heterocycles. The van der Waals surface area contributed by atoms with Crippen molar-refractivity contribution in [2.75, 3.05) is 89.3 Å². The second kappa shape index (κ2) is 14.2. The second-order valence-corrected chi connectivity index (χ2v) is 10.7. The van der Waals surface area contributed by atoms with Crippen LogP contribution in [0.4, 0.5) is 22.1 Å². The number of likely N-dealkylation sites (N-methyl/N-ethyl adjacent to an activating group) is 2. The lowest BCUT2D eigenvalue weighted by atomic mass is 10.1. The average molecular weight is 587 g/mol. The fourth-order valence-corrected chi connectivity index (χ4v) is 4.64. The minimum atomic E-state index is -0.390. The van der Waals surface area contributed by atoms with E-state index in [1.165, 1.54) is 0 Å². The van der Waals surface area contributed by atoms with Gasteiger partial charge < -0.3 is 34.8 Å². The van der Waals surface area contributed by atoms with Crippen molar-refractivity contribution in [1.29, 1.82) is 0 Å². The van der Waals surface area contributed by atoms with Crippen LogP contribution in [-0.2, 0) is 9.47 Å². The number of carbonyl (C=O) groups is 2. The number of morpholine rings is 1. The van der Waals surface area contributed by atoms with Gasteiger partial charge in [0.2, 0.25) is 5.95 Å². The first-order valence-corrected chi connectivity index (χ1v) is 14.4. The number of rotatable bonds is 9. The summed E-state index contributed by atoms with van der Waals surface area (Å²) in [5.41, 5.74) is 3.62. The number of nitrogens with one attached hydrogen (secondary N) is 2. The summed E-state index contributed by atoms with van der Waals surface area (Å²) in [4.78, 5) is 45.5. The Hall–Kier alpha value is -4.39. The standard InChI is InChI=1S/C31H38N8O4/c1-37(2)14-15-38(3)29(40)24-6-10-26(11-7-24)33-31(41)32-25-8-4-22(5-9-25)27-34-28(23-12-18-42-19-13-23)36-30(35-27)39-16-20-43-21-17-39/h4-12H,13-21H2,1-3H3,(H2,32,33,41). The third kappa shape index (κ3) is 8.13. The Labute approximate surface area is 251 Å². The zero-order chi connectivity index (χ0) is 30.2. The molecular weight excluding hydrogens is 548 g/mol. The number of amides is 3. The molecule has 0 unspecified atom stereocenters. The zero-order valence-electron chi connectivity index (χ0n) is 24.9. The molecule has 0 spiro atoms. The van der Waals surface area contributed by atoms with Crippen LogP contribution in [0.1, 0.15) is 22.6 Å². The molecule has 1 fully saturated rings. The van der Waals surface area contributed by atoms with Crippen LogP contribution >= 0.6 is 0 Å². The number of anilines is 3. The largest absolute Gasteiger partial charge is 0.378 e. The molecule has 5 rings (SSSR count). The minimum Gasteiger partial charge on any atom is -0.378 e. The van der Waals surface area contributed by atoms with Crippen molar-refractivity contribution in [3.8, 4) is 11.4 Å². The first-order valence-electron chi connectivity index (χ1n) is 14.4. The quantitative estimate of drug-likeness (QED) is 0.388. The monoisotopic (exact) mass is 586 g/mol. The summed E-state index contributed by atoms with van der Waals surface area (Å²) in [5, 5.41) is 5.66. The molecule has 2 aliphatic rings. The van der Waals surface area contributed by atoms with E-state index in [2.05, 4.69) is 15.5 Å². The Morgan fingerprint density at radius 2 is 1.47 bits per heavy atom. The Bertz CT molecular complexity index is 1440. The van der Waals surface area contributed by atoms with Gasteiger partial charge in [0.1, 0.15) is 0 Å². The van der Waals surface area contributed by atoms with Crippen LogP contribution in [0.25, 0.3) is 17.0 Å². The van der Waals surface area contributed by atoms with Crippen molar-refractivity contribution in [2.24, 2.45) is 0 Å². The average Bonchev–Trinajstić information content (AvgIpc) is 3.04. The van der Waals surface area contributed by atoms with Crippen molar-refractivity contribution >= 4 is 34.8 Å². The summed E-state index contributed by atoms with van der Waals surface area (Å²) in [6.07, 6.45) is 2.77. The van der Waals surface area contributed by atoms with E-state index in [0.717, 1.165) is 37.2 Å².